The Morgan fingerprint density at radius 2 is 1.50 bits per heavy atom. The molecule has 0 saturated heterocycles. The van der Waals surface area contributed by atoms with Crippen molar-refractivity contribution in [3.8, 4) is 5.75 Å². The maximum atomic E-state index is 5.64. The zero-order valence-electron chi connectivity index (χ0n) is 10.9. The molecule has 0 amide bonds. The third-order valence-electron chi connectivity index (χ3n) is 3.63. The van der Waals surface area contributed by atoms with Crippen LogP contribution >= 0.6 is 0 Å². The molecular formula is C17H16O. The van der Waals surface area contributed by atoms with Gasteiger partial charge in [-0.1, -0.05) is 30.3 Å². The van der Waals surface area contributed by atoms with Crippen LogP contribution in [0.2, 0.25) is 0 Å². The van der Waals surface area contributed by atoms with E-state index in [1.807, 2.05) is 0 Å². The first-order valence-electron chi connectivity index (χ1n) is 6.17. The van der Waals surface area contributed by atoms with E-state index in [-0.39, 0.29) is 0 Å². The summed E-state index contributed by atoms with van der Waals surface area (Å²) in [7, 11) is 1.75. The zero-order chi connectivity index (χ0) is 12.7. The van der Waals surface area contributed by atoms with Gasteiger partial charge in [0.1, 0.15) is 5.75 Å². The van der Waals surface area contributed by atoms with Crippen LogP contribution in [0.3, 0.4) is 0 Å². The van der Waals surface area contributed by atoms with Gasteiger partial charge in [-0.15, -0.1) is 0 Å². The second-order valence-corrected chi connectivity index (χ2v) is 4.79. The minimum absolute atomic E-state index is 0.978. The summed E-state index contributed by atoms with van der Waals surface area (Å²) in [4.78, 5) is 0. The lowest BCUT2D eigenvalue weighted by molar-refractivity contribution is 0.424. The Morgan fingerprint density at radius 3 is 2.28 bits per heavy atom. The molecule has 0 spiro atoms. The molecule has 1 nitrogen and oxygen atoms in total. The molecule has 0 saturated carbocycles. The van der Waals surface area contributed by atoms with Gasteiger partial charge in [0.05, 0.1) is 7.11 Å². The lowest BCUT2D eigenvalue weighted by atomic mass is 9.98. The lowest BCUT2D eigenvalue weighted by Crippen LogP contribution is -1.90. The Labute approximate surface area is 107 Å². The number of ether oxygens (including phenoxy) is 1. The fraction of sp³-hybridized carbons (Fsp3) is 0.176. The molecule has 18 heavy (non-hydrogen) atoms. The van der Waals surface area contributed by atoms with Crippen molar-refractivity contribution in [2.24, 2.45) is 0 Å². The quantitative estimate of drug-likeness (QED) is 0.560. The van der Waals surface area contributed by atoms with Gasteiger partial charge in [0.15, 0.2) is 0 Å². The van der Waals surface area contributed by atoms with E-state index in [2.05, 4.69) is 56.3 Å². The first-order chi connectivity index (χ1) is 8.70. The van der Waals surface area contributed by atoms with Crippen molar-refractivity contribution in [3.05, 3.63) is 53.6 Å². The minimum atomic E-state index is 0.978. The average Bonchev–Trinajstić information content (AvgIpc) is 2.38. The number of hydrogen-bond acceptors (Lipinski definition) is 1. The van der Waals surface area contributed by atoms with Crippen LogP contribution in [0, 0.1) is 13.8 Å². The molecule has 0 aliphatic heterocycles. The van der Waals surface area contributed by atoms with Crippen molar-refractivity contribution in [1.82, 2.24) is 0 Å². The highest BCUT2D eigenvalue weighted by molar-refractivity contribution is 6.05. The largest absolute Gasteiger partial charge is 0.495 e. The number of benzene rings is 3. The van der Waals surface area contributed by atoms with Gasteiger partial charge < -0.3 is 4.74 Å². The highest BCUT2D eigenvalue weighted by atomic mass is 16.5. The molecule has 0 unspecified atom stereocenters. The summed E-state index contributed by atoms with van der Waals surface area (Å²) in [5.41, 5.74) is 2.62. The van der Waals surface area contributed by atoms with E-state index in [4.69, 9.17) is 4.74 Å². The van der Waals surface area contributed by atoms with Gasteiger partial charge >= 0.3 is 0 Å². The molecule has 0 N–H and O–H groups in total. The van der Waals surface area contributed by atoms with E-state index in [1.54, 1.807) is 7.11 Å². The maximum absolute atomic E-state index is 5.64. The summed E-state index contributed by atoms with van der Waals surface area (Å²) >= 11 is 0. The third kappa shape index (κ3) is 1.55. The molecule has 0 atom stereocenters. The van der Waals surface area contributed by atoms with Crippen molar-refractivity contribution in [2.45, 2.75) is 13.8 Å². The van der Waals surface area contributed by atoms with Crippen LogP contribution in [0.5, 0.6) is 5.75 Å². The van der Waals surface area contributed by atoms with Crippen LogP contribution in [-0.2, 0) is 0 Å². The predicted octanol–water partition coefficient (Wildman–Crippen LogP) is 4.62. The molecular weight excluding hydrogens is 220 g/mol. The molecule has 90 valence electrons. The van der Waals surface area contributed by atoms with Crippen molar-refractivity contribution in [1.29, 1.82) is 0 Å². The van der Waals surface area contributed by atoms with E-state index in [0.717, 1.165) is 5.75 Å². The molecule has 0 bridgehead atoms. The summed E-state index contributed by atoms with van der Waals surface area (Å²) in [5.74, 6) is 0.978. The molecule has 3 aromatic rings. The van der Waals surface area contributed by atoms with Gasteiger partial charge in [-0.25, -0.2) is 0 Å². The standard InChI is InChI=1S/C17H16O/c1-11-8-14-10-13-6-4-5-7-15(13)17(18-3)16(14)9-12(11)2/h4-10H,1-3H3. The van der Waals surface area contributed by atoms with Gasteiger partial charge in [0.25, 0.3) is 0 Å². The Hall–Kier alpha value is -2.02. The Bertz CT molecular complexity index is 741. The monoisotopic (exact) mass is 236 g/mol. The van der Waals surface area contributed by atoms with Gasteiger partial charge in [0, 0.05) is 10.8 Å². The van der Waals surface area contributed by atoms with Crippen molar-refractivity contribution >= 4 is 21.5 Å². The van der Waals surface area contributed by atoms with E-state index >= 15 is 0 Å². The SMILES string of the molecule is COc1c2ccccc2cc2cc(C)c(C)cc12. The minimum Gasteiger partial charge on any atom is -0.495 e. The molecule has 3 aromatic carbocycles. The maximum Gasteiger partial charge on any atom is 0.134 e. The van der Waals surface area contributed by atoms with Crippen LogP contribution in [0.1, 0.15) is 11.1 Å². The summed E-state index contributed by atoms with van der Waals surface area (Å²) in [5, 5.41) is 4.84. The molecule has 3 rings (SSSR count). The smallest absolute Gasteiger partial charge is 0.134 e. The van der Waals surface area contributed by atoms with Gasteiger partial charge in [-0.2, -0.15) is 0 Å². The number of aryl methyl sites for hydroxylation is 2. The summed E-state index contributed by atoms with van der Waals surface area (Å²) in [6, 6.07) is 15.1. The topological polar surface area (TPSA) is 9.23 Å². The molecule has 0 heterocycles. The van der Waals surface area contributed by atoms with Crippen LogP contribution in [-0.4, -0.2) is 7.11 Å². The van der Waals surface area contributed by atoms with Gasteiger partial charge in [0.2, 0.25) is 0 Å². The van der Waals surface area contributed by atoms with Crippen LogP contribution in [0.25, 0.3) is 21.5 Å². The third-order valence-corrected chi connectivity index (χ3v) is 3.63. The molecule has 0 radical (unpaired) electrons. The van der Waals surface area contributed by atoms with E-state index < -0.39 is 0 Å². The van der Waals surface area contributed by atoms with E-state index in [1.165, 1.54) is 32.7 Å². The average molecular weight is 236 g/mol. The normalized spacial score (nSPS) is 11.1. The summed E-state index contributed by atoms with van der Waals surface area (Å²) < 4.78 is 5.64. The van der Waals surface area contributed by atoms with Crippen LogP contribution in [0.15, 0.2) is 42.5 Å². The highest BCUT2D eigenvalue weighted by Gasteiger charge is 2.08. The van der Waals surface area contributed by atoms with Crippen molar-refractivity contribution in [3.63, 3.8) is 0 Å². The van der Waals surface area contributed by atoms with Crippen molar-refractivity contribution in [2.75, 3.05) is 7.11 Å². The molecule has 0 aliphatic carbocycles. The van der Waals surface area contributed by atoms with Crippen molar-refractivity contribution < 1.29 is 4.74 Å². The first kappa shape index (κ1) is 11.1. The molecule has 1 heteroatoms. The predicted molar refractivity (Wildman–Crippen MR) is 77.5 cm³/mol. The number of fused-ring (bicyclic) bond motifs is 2. The number of hydrogen-bond donors (Lipinski definition) is 0. The van der Waals surface area contributed by atoms with Crippen LogP contribution < -0.4 is 4.74 Å². The summed E-state index contributed by atoms with van der Waals surface area (Å²) in [6.07, 6.45) is 0. The zero-order valence-corrected chi connectivity index (χ0v) is 10.9. The molecule has 0 fully saturated rings. The lowest BCUT2D eigenvalue weighted by Gasteiger charge is -2.12. The molecule has 0 aliphatic rings. The summed E-state index contributed by atoms with van der Waals surface area (Å²) in [6.45, 7) is 4.29. The fourth-order valence-corrected chi connectivity index (χ4v) is 2.52. The Balaban J connectivity index is 2.54. The fourth-order valence-electron chi connectivity index (χ4n) is 2.52. The highest BCUT2D eigenvalue weighted by Crippen LogP contribution is 2.35. The van der Waals surface area contributed by atoms with Gasteiger partial charge in [-0.3, -0.25) is 0 Å². The Kier molecular flexibility index (Phi) is 2.48. The second kappa shape index (κ2) is 4.02. The number of methoxy groups -OCH3 is 1. The first-order valence-corrected chi connectivity index (χ1v) is 6.17. The van der Waals surface area contributed by atoms with Gasteiger partial charge in [-0.05, 0) is 47.9 Å². The Morgan fingerprint density at radius 1 is 0.778 bits per heavy atom. The van der Waals surface area contributed by atoms with E-state index in [9.17, 15) is 0 Å². The van der Waals surface area contributed by atoms with E-state index in [0.29, 0.717) is 0 Å². The van der Waals surface area contributed by atoms with Crippen LogP contribution in [0.4, 0.5) is 0 Å². The molecule has 0 aromatic heterocycles. The number of rotatable bonds is 1. The second-order valence-electron chi connectivity index (χ2n) is 4.79.